The summed E-state index contributed by atoms with van der Waals surface area (Å²) in [6.45, 7) is 1.00. The molecule has 4 rings (SSSR count). The summed E-state index contributed by atoms with van der Waals surface area (Å²) in [7, 11) is 0. The van der Waals surface area contributed by atoms with Crippen LogP contribution < -0.4 is 0 Å². The highest BCUT2D eigenvalue weighted by Crippen LogP contribution is 2.52. The van der Waals surface area contributed by atoms with Crippen molar-refractivity contribution in [1.82, 2.24) is 4.90 Å². The standard InChI is InChI=1S/C20H18ClNO5/c1-10(20(26)27-9-15(23)11-4-6-14(21)7-5-11)22-18(24)16-12-2-3-13(8-12)17(16)19(22)25/h2-7,10,12-13,16-17H,8-9H2,1H3/t10-,12-,13-,16-,17-/m0/s1. The third kappa shape index (κ3) is 2.88. The summed E-state index contributed by atoms with van der Waals surface area (Å²) < 4.78 is 5.07. The van der Waals surface area contributed by atoms with Gasteiger partial charge in [0, 0.05) is 10.6 Å². The van der Waals surface area contributed by atoms with Crippen molar-refractivity contribution in [1.29, 1.82) is 0 Å². The molecule has 1 heterocycles. The van der Waals surface area contributed by atoms with E-state index in [1.54, 1.807) is 24.3 Å². The highest BCUT2D eigenvalue weighted by molar-refractivity contribution is 6.30. The summed E-state index contributed by atoms with van der Waals surface area (Å²) in [5.41, 5.74) is 0.366. The zero-order chi connectivity index (χ0) is 19.3. The van der Waals surface area contributed by atoms with Crippen molar-refractivity contribution in [3.63, 3.8) is 0 Å². The molecule has 1 saturated heterocycles. The molecule has 1 saturated carbocycles. The molecule has 0 aromatic heterocycles. The number of ketones is 1. The molecule has 0 N–H and O–H groups in total. The Labute approximate surface area is 161 Å². The zero-order valence-corrected chi connectivity index (χ0v) is 15.4. The van der Waals surface area contributed by atoms with Crippen LogP contribution >= 0.6 is 11.6 Å². The van der Waals surface area contributed by atoms with E-state index in [4.69, 9.17) is 16.3 Å². The molecule has 1 aromatic carbocycles. The smallest absolute Gasteiger partial charge is 0.329 e. The van der Waals surface area contributed by atoms with Gasteiger partial charge in [0.05, 0.1) is 11.8 Å². The Morgan fingerprint density at radius 2 is 1.67 bits per heavy atom. The number of allylic oxidation sites excluding steroid dienone is 2. The van der Waals surface area contributed by atoms with Gasteiger partial charge in [-0.15, -0.1) is 0 Å². The van der Waals surface area contributed by atoms with Crippen molar-refractivity contribution in [2.45, 2.75) is 19.4 Å². The van der Waals surface area contributed by atoms with Crippen molar-refractivity contribution >= 4 is 35.2 Å². The minimum Gasteiger partial charge on any atom is -0.456 e. The Balaban J connectivity index is 1.39. The number of likely N-dealkylation sites (tertiary alicyclic amines) is 1. The normalized spacial score (nSPS) is 29.2. The highest BCUT2D eigenvalue weighted by atomic mass is 35.5. The minimum absolute atomic E-state index is 0.0798. The molecule has 6 nitrogen and oxygen atoms in total. The van der Waals surface area contributed by atoms with E-state index in [-0.39, 0.29) is 41.3 Å². The first kappa shape index (κ1) is 17.9. The Morgan fingerprint density at radius 3 is 2.22 bits per heavy atom. The van der Waals surface area contributed by atoms with E-state index in [1.165, 1.54) is 6.92 Å². The molecule has 2 aliphatic carbocycles. The fourth-order valence-corrected chi connectivity index (χ4v) is 4.51. The van der Waals surface area contributed by atoms with E-state index >= 15 is 0 Å². The van der Waals surface area contributed by atoms with Gasteiger partial charge in [0.1, 0.15) is 6.04 Å². The lowest BCUT2D eigenvalue weighted by atomic mass is 9.85. The van der Waals surface area contributed by atoms with Crippen LogP contribution in [0.3, 0.4) is 0 Å². The summed E-state index contributed by atoms with van der Waals surface area (Å²) in [5.74, 6) is -2.33. The first-order valence-electron chi connectivity index (χ1n) is 8.89. The van der Waals surface area contributed by atoms with Crippen molar-refractivity contribution < 1.29 is 23.9 Å². The third-order valence-electron chi connectivity index (χ3n) is 5.74. The predicted octanol–water partition coefficient (Wildman–Crippen LogP) is 2.26. The number of carbonyl (C=O) groups is 4. The van der Waals surface area contributed by atoms with Gasteiger partial charge in [0.2, 0.25) is 11.8 Å². The van der Waals surface area contributed by atoms with E-state index in [0.717, 1.165) is 11.3 Å². The number of esters is 1. The summed E-state index contributed by atoms with van der Waals surface area (Å²) in [5, 5.41) is 0.497. The van der Waals surface area contributed by atoms with Crippen LogP contribution in [-0.2, 0) is 19.1 Å². The Morgan fingerprint density at radius 1 is 1.11 bits per heavy atom. The molecule has 27 heavy (non-hydrogen) atoms. The van der Waals surface area contributed by atoms with E-state index in [0.29, 0.717) is 10.6 Å². The van der Waals surface area contributed by atoms with Gasteiger partial charge >= 0.3 is 5.97 Å². The molecule has 3 aliphatic rings. The van der Waals surface area contributed by atoms with Crippen LogP contribution in [0.4, 0.5) is 0 Å². The number of benzene rings is 1. The fraction of sp³-hybridized carbons (Fsp3) is 0.400. The van der Waals surface area contributed by atoms with Crippen molar-refractivity contribution in [2.24, 2.45) is 23.7 Å². The second kappa shape index (κ2) is 6.60. The van der Waals surface area contributed by atoms with Gasteiger partial charge in [-0.25, -0.2) is 4.79 Å². The van der Waals surface area contributed by atoms with Crippen molar-refractivity contribution in [2.75, 3.05) is 6.61 Å². The number of imide groups is 1. The van der Waals surface area contributed by atoms with Gasteiger partial charge < -0.3 is 4.74 Å². The molecule has 2 bridgehead atoms. The number of ether oxygens (including phenoxy) is 1. The molecule has 0 spiro atoms. The maximum atomic E-state index is 12.7. The number of amides is 2. The van der Waals surface area contributed by atoms with Crippen LogP contribution in [0.15, 0.2) is 36.4 Å². The lowest BCUT2D eigenvalue weighted by Gasteiger charge is -2.23. The molecular weight excluding hydrogens is 370 g/mol. The molecule has 7 heteroatoms. The lowest BCUT2D eigenvalue weighted by molar-refractivity contribution is -0.157. The maximum absolute atomic E-state index is 12.7. The first-order chi connectivity index (χ1) is 12.9. The number of rotatable bonds is 5. The number of carbonyl (C=O) groups excluding carboxylic acids is 4. The maximum Gasteiger partial charge on any atom is 0.329 e. The van der Waals surface area contributed by atoms with Crippen molar-refractivity contribution in [3.8, 4) is 0 Å². The topological polar surface area (TPSA) is 80.8 Å². The average molecular weight is 388 g/mol. The molecule has 1 aromatic rings. The second-order valence-corrected chi connectivity index (χ2v) is 7.70. The lowest BCUT2D eigenvalue weighted by Crippen LogP contribution is -2.45. The number of hydrogen-bond acceptors (Lipinski definition) is 5. The van der Waals surface area contributed by atoms with Gasteiger partial charge in [-0.3, -0.25) is 19.3 Å². The molecule has 0 radical (unpaired) electrons. The highest BCUT2D eigenvalue weighted by Gasteiger charge is 2.60. The summed E-state index contributed by atoms with van der Waals surface area (Å²) >= 11 is 5.78. The molecular formula is C20H18ClNO5. The SMILES string of the molecule is C[C@@H](C(=O)OCC(=O)c1ccc(Cl)cc1)N1C(=O)[C@@H]2[C@@H](C1=O)[C@H]1C=C[C@H]2C1. The van der Waals surface area contributed by atoms with Gasteiger partial charge in [0.25, 0.3) is 0 Å². The van der Waals surface area contributed by atoms with Gasteiger partial charge in [-0.05, 0) is 49.4 Å². The Bertz CT molecular complexity index is 832. The van der Waals surface area contributed by atoms with Crippen LogP contribution in [0, 0.1) is 23.7 Å². The Kier molecular flexibility index (Phi) is 4.38. The number of nitrogens with zero attached hydrogens (tertiary/aromatic N) is 1. The number of Topliss-reactive ketones (excluding diaryl/α,β-unsaturated/α-hetero) is 1. The Hall–Kier alpha value is -2.47. The molecule has 5 atom stereocenters. The van der Waals surface area contributed by atoms with E-state index < -0.39 is 18.6 Å². The van der Waals surface area contributed by atoms with Gasteiger partial charge in [-0.2, -0.15) is 0 Å². The average Bonchev–Trinajstić information content (AvgIpc) is 3.33. The quantitative estimate of drug-likeness (QED) is 0.335. The summed E-state index contributed by atoms with van der Waals surface area (Å²) in [4.78, 5) is 50.9. The second-order valence-electron chi connectivity index (χ2n) is 7.26. The van der Waals surface area contributed by atoms with Crippen LogP contribution in [0.2, 0.25) is 5.02 Å². The van der Waals surface area contributed by atoms with Gasteiger partial charge in [0.15, 0.2) is 12.4 Å². The van der Waals surface area contributed by atoms with Crippen LogP contribution in [0.1, 0.15) is 23.7 Å². The molecule has 2 amide bonds. The molecule has 1 aliphatic heterocycles. The number of halogens is 1. The molecule has 0 unspecified atom stereocenters. The monoisotopic (exact) mass is 387 g/mol. The van der Waals surface area contributed by atoms with E-state index in [9.17, 15) is 19.2 Å². The predicted molar refractivity (Wildman–Crippen MR) is 95.8 cm³/mol. The van der Waals surface area contributed by atoms with E-state index in [2.05, 4.69) is 0 Å². The fourth-order valence-electron chi connectivity index (χ4n) is 4.39. The number of hydrogen-bond donors (Lipinski definition) is 0. The van der Waals surface area contributed by atoms with Crippen LogP contribution in [0.5, 0.6) is 0 Å². The van der Waals surface area contributed by atoms with Crippen LogP contribution in [0.25, 0.3) is 0 Å². The summed E-state index contributed by atoms with van der Waals surface area (Å²) in [6, 6.07) is 5.18. The minimum atomic E-state index is -1.05. The van der Waals surface area contributed by atoms with Crippen molar-refractivity contribution in [3.05, 3.63) is 47.0 Å². The first-order valence-corrected chi connectivity index (χ1v) is 9.27. The van der Waals surface area contributed by atoms with Gasteiger partial charge in [-0.1, -0.05) is 23.8 Å². The third-order valence-corrected chi connectivity index (χ3v) is 6.00. The largest absolute Gasteiger partial charge is 0.456 e. The zero-order valence-electron chi connectivity index (χ0n) is 14.6. The number of fused-ring (bicyclic) bond motifs is 5. The summed E-state index contributed by atoms with van der Waals surface area (Å²) in [6.07, 6.45) is 4.82. The van der Waals surface area contributed by atoms with E-state index in [1.807, 2.05) is 12.2 Å². The molecule has 2 fully saturated rings. The van der Waals surface area contributed by atoms with Crippen LogP contribution in [-0.4, -0.2) is 41.1 Å². The molecule has 140 valence electrons.